The zero-order chi connectivity index (χ0) is 21.7. The van der Waals surface area contributed by atoms with Crippen molar-refractivity contribution in [3.8, 4) is 11.5 Å². The number of hydrogen-bond acceptors (Lipinski definition) is 6. The van der Waals surface area contributed by atoms with Gasteiger partial charge in [0.15, 0.2) is 11.5 Å². The molecule has 1 aliphatic rings. The van der Waals surface area contributed by atoms with Gasteiger partial charge < -0.3 is 29.9 Å². The number of likely N-dealkylation sites (N-methyl/N-ethyl adjacent to an activating group) is 1. The van der Waals surface area contributed by atoms with Crippen molar-refractivity contribution in [3.63, 3.8) is 0 Å². The number of nitrogens with one attached hydrogen (secondary N) is 2. The summed E-state index contributed by atoms with van der Waals surface area (Å²) in [5.41, 5.74) is 2.99. The molecule has 1 heterocycles. The van der Waals surface area contributed by atoms with Crippen molar-refractivity contribution >= 4 is 17.5 Å². The number of hydrogen-bond donors (Lipinski definition) is 2. The Morgan fingerprint density at radius 1 is 0.933 bits per heavy atom. The zero-order valence-electron chi connectivity index (χ0n) is 17.8. The molecular formula is C22H28N4O4. The largest absolute Gasteiger partial charge is 0.454 e. The third-order valence-electron chi connectivity index (χ3n) is 4.97. The molecule has 160 valence electrons. The van der Waals surface area contributed by atoms with Crippen LogP contribution in [0.2, 0.25) is 0 Å². The second-order valence-corrected chi connectivity index (χ2v) is 7.55. The first-order valence-electron chi connectivity index (χ1n) is 9.73. The van der Waals surface area contributed by atoms with Crippen molar-refractivity contribution in [2.75, 3.05) is 46.4 Å². The molecule has 0 unspecified atom stereocenters. The normalized spacial score (nSPS) is 13.1. The number of carbonyl (C=O) groups is 2. The monoisotopic (exact) mass is 412 g/mol. The third kappa shape index (κ3) is 5.21. The predicted molar refractivity (Wildman–Crippen MR) is 115 cm³/mol. The fraction of sp³-hybridized carbons (Fsp3) is 0.364. The maximum Gasteiger partial charge on any atom is 0.309 e. The van der Waals surface area contributed by atoms with Gasteiger partial charge in [-0.05, 0) is 49.5 Å². The van der Waals surface area contributed by atoms with E-state index in [-0.39, 0.29) is 19.4 Å². The van der Waals surface area contributed by atoms with Crippen molar-refractivity contribution in [3.05, 3.63) is 53.6 Å². The Hall–Kier alpha value is -3.26. The lowest BCUT2D eigenvalue weighted by Gasteiger charge is -2.25. The minimum atomic E-state index is -0.673. The van der Waals surface area contributed by atoms with Gasteiger partial charge in [0.2, 0.25) is 6.79 Å². The molecule has 0 saturated carbocycles. The third-order valence-corrected chi connectivity index (χ3v) is 4.97. The molecule has 0 aromatic heterocycles. The molecular weight excluding hydrogens is 384 g/mol. The van der Waals surface area contributed by atoms with Crippen LogP contribution in [-0.4, -0.2) is 58.2 Å². The van der Waals surface area contributed by atoms with E-state index in [2.05, 4.69) is 10.6 Å². The Kier molecular flexibility index (Phi) is 6.79. The zero-order valence-corrected chi connectivity index (χ0v) is 17.8. The van der Waals surface area contributed by atoms with Crippen molar-refractivity contribution in [1.29, 1.82) is 0 Å². The van der Waals surface area contributed by atoms with E-state index in [1.54, 1.807) is 12.1 Å². The summed E-state index contributed by atoms with van der Waals surface area (Å²) < 4.78 is 10.6. The summed E-state index contributed by atoms with van der Waals surface area (Å²) in [6.45, 7) is 0.745. The average Bonchev–Trinajstić information content (AvgIpc) is 3.20. The molecule has 0 radical (unpaired) electrons. The van der Waals surface area contributed by atoms with Gasteiger partial charge in [0.1, 0.15) is 0 Å². The van der Waals surface area contributed by atoms with Gasteiger partial charge >= 0.3 is 11.8 Å². The molecule has 0 fully saturated rings. The molecule has 2 N–H and O–H groups in total. The summed E-state index contributed by atoms with van der Waals surface area (Å²) in [5, 5.41) is 5.37. The van der Waals surface area contributed by atoms with Crippen LogP contribution in [0.25, 0.3) is 0 Å². The number of benzene rings is 2. The van der Waals surface area contributed by atoms with Gasteiger partial charge in [0, 0.05) is 32.9 Å². The number of anilines is 1. The maximum absolute atomic E-state index is 12.3. The van der Waals surface area contributed by atoms with E-state index in [1.807, 2.05) is 68.3 Å². The summed E-state index contributed by atoms with van der Waals surface area (Å²) >= 11 is 0. The number of carbonyl (C=O) groups excluding carboxylic acids is 2. The van der Waals surface area contributed by atoms with E-state index >= 15 is 0 Å². The van der Waals surface area contributed by atoms with E-state index < -0.39 is 11.8 Å². The molecule has 2 aromatic rings. The smallest absolute Gasteiger partial charge is 0.309 e. The SMILES string of the molecule is CN(C)c1ccc([C@@H](CNC(=O)C(=O)NCc2ccc3c(c2)OCO3)N(C)C)cc1. The van der Waals surface area contributed by atoms with Crippen LogP contribution in [0.15, 0.2) is 42.5 Å². The van der Waals surface area contributed by atoms with Gasteiger partial charge in [0.05, 0.1) is 6.04 Å². The van der Waals surface area contributed by atoms with E-state index in [0.29, 0.717) is 18.0 Å². The average molecular weight is 412 g/mol. The molecule has 2 aromatic carbocycles. The van der Waals surface area contributed by atoms with Crippen LogP contribution in [0.3, 0.4) is 0 Å². The van der Waals surface area contributed by atoms with Gasteiger partial charge in [-0.1, -0.05) is 18.2 Å². The number of fused-ring (bicyclic) bond motifs is 1. The summed E-state index contributed by atoms with van der Waals surface area (Å²) in [6.07, 6.45) is 0. The molecule has 0 aliphatic carbocycles. The lowest BCUT2D eigenvalue weighted by molar-refractivity contribution is -0.139. The van der Waals surface area contributed by atoms with Crippen LogP contribution in [0.5, 0.6) is 11.5 Å². The Labute approximate surface area is 176 Å². The molecule has 8 heteroatoms. The number of amides is 2. The predicted octanol–water partition coefficient (Wildman–Crippen LogP) is 1.52. The summed E-state index contributed by atoms with van der Waals surface area (Å²) in [5.74, 6) is -0.0166. The minimum absolute atomic E-state index is 0.0492. The highest BCUT2D eigenvalue weighted by Gasteiger charge is 2.19. The molecule has 0 spiro atoms. The number of nitrogens with zero attached hydrogens (tertiary/aromatic N) is 2. The Bertz CT molecular complexity index is 897. The van der Waals surface area contributed by atoms with E-state index in [1.165, 1.54) is 0 Å². The van der Waals surface area contributed by atoms with Crippen molar-refractivity contribution in [2.45, 2.75) is 12.6 Å². The van der Waals surface area contributed by atoms with Gasteiger partial charge in [-0.25, -0.2) is 0 Å². The molecule has 2 amide bonds. The molecule has 3 rings (SSSR count). The maximum atomic E-state index is 12.3. The topological polar surface area (TPSA) is 83.1 Å². The quantitative estimate of drug-likeness (QED) is 0.671. The summed E-state index contributed by atoms with van der Waals surface area (Å²) in [6, 6.07) is 13.5. The van der Waals surface area contributed by atoms with Crippen molar-refractivity contribution in [2.24, 2.45) is 0 Å². The first-order chi connectivity index (χ1) is 14.3. The Morgan fingerprint density at radius 3 is 2.27 bits per heavy atom. The first kappa shape index (κ1) is 21.4. The minimum Gasteiger partial charge on any atom is -0.454 e. The number of rotatable bonds is 7. The molecule has 0 saturated heterocycles. The fourth-order valence-electron chi connectivity index (χ4n) is 3.18. The second-order valence-electron chi connectivity index (χ2n) is 7.55. The second kappa shape index (κ2) is 9.49. The van der Waals surface area contributed by atoms with Gasteiger partial charge in [-0.15, -0.1) is 0 Å². The molecule has 0 bridgehead atoms. The highest BCUT2D eigenvalue weighted by Crippen LogP contribution is 2.32. The first-order valence-corrected chi connectivity index (χ1v) is 9.73. The van der Waals surface area contributed by atoms with E-state index in [9.17, 15) is 9.59 Å². The van der Waals surface area contributed by atoms with Crippen molar-refractivity contribution in [1.82, 2.24) is 15.5 Å². The lowest BCUT2D eigenvalue weighted by Crippen LogP contribution is -2.42. The van der Waals surface area contributed by atoms with Crippen LogP contribution in [0.1, 0.15) is 17.2 Å². The van der Waals surface area contributed by atoms with Crippen LogP contribution < -0.4 is 25.0 Å². The molecule has 30 heavy (non-hydrogen) atoms. The van der Waals surface area contributed by atoms with E-state index in [4.69, 9.17) is 9.47 Å². The van der Waals surface area contributed by atoms with Crippen molar-refractivity contribution < 1.29 is 19.1 Å². The summed E-state index contributed by atoms with van der Waals surface area (Å²) in [4.78, 5) is 28.5. The molecule has 1 atom stereocenters. The van der Waals surface area contributed by atoms with Gasteiger partial charge in [-0.3, -0.25) is 9.59 Å². The van der Waals surface area contributed by atoms with E-state index in [0.717, 1.165) is 16.8 Å². The Balaban J connectivity index is 1.52. The van der Waals surface area contributed by atoms with Crippen LogP contribution in [0.4, 0.5) is 5.69 Å². The highest BCUT2D eigenvalue weighted by atomic mass is 16.7. The number of ether oxygens (including phenoxy) is 2. The highest BCUT2D eigenvalue weighted by molar-refractivity contribution is 6.35. The van der Waals surface area contributed by atoms with Crippen LogP contribution in [0, 0.1) is 0 Å². The standard InChI is InChI=1S/C22H28N4O4/c1-25(2)17-8-6-16(7-9-17)18(26(3)4)13-24-22(28)21(27)23-12-15-5-10-19-20(11-15)30-14-29-19/h5-11,18H,12-14H2,1-4H3,(H,23,27)(H,24,28)/t18-/m1/s1. The Morgan fingerprint density at radius 2 is 1.60 bits per heavy atom. The van der Waals surface area contributed by atoms with Crippen LogP contribution >= 0.6 is 0 Å². The van der Waals surface area contributed by atoms with Gasteiger partial charge in [-0.2, -0.15) is 0 Å². The fourth-order valence-corrected chi connectivity index (χ4v) is 3.18. The van der Waals surface area contributed by atoms with Gasteiger partial charge in [0.25, 0.3) is 0 Å². The molecule has 8 nitrogen and oxygen atoms in total. The summed E-state index contributed by atoms with van der Waals surface area (Å²) in [7, 11) is 7.86. The molecule has 1 aliphatic heterocycles. The lowest BCUT2D eigenvalue weighted by atomic mass is 10.1. The van der Waals surface area contributed by atoms with Crippen LogP contribution in [-0.2, 0) is 16.1 Å².